The fourth-order valence-electron chi connectivity index (χ4n) is 1.49. The molecule has 0 unspecified atom stereocenters. The summed E-state index contributed by atoms with van der Waals surface area (Å²) in [7, 11) is 1.81. The number of rotatable bonds is 4. The van der Waals surface area contributed by atoms with Crippen LogP contribution in [0.1, 0.15) is 23.2 Å². The number of amides is 1. The maximum Gasteiger partial charge on any atom is 0.274 e. The van der Waals surface area contributed by atoms with Crippen molar-refractivity contribution in [3.63, 3.8) is 0 Å². The van der Waals surface area contributed by atoms with Crippen molar-refractivity contribution in [3.05, 3.63) is 24.0 Å². The van der Waals surface area contributed by atoms with E-state index < -0.39 is 0 Å². The Morgan fingerprint density at radius 3 is 2.89 bits per heavy atom. The van der Waals surface area contributed by atoms with Crippen LogP contribution < -0.4 is 11.1 Å². The number of aromatic nitrogens is 5. The summed E-state index contributed by atoms with van der Waals surface area (Å²) in [5, 5.41) is 14.4. The van der Waals surface area contributed by atoms with Gasteiger partial charge >= 0.3 is 0 Å². The number of carbonyl (C=O) groups excluding carboxylic acids is 1. The monoisotopic (exact) mass is 249 g/mol. The molecule has 18 heavy (non-hydrogen) atoms. The summed E-state index contributed by atoms with van der Waals surface area (Å²) in [5.41, 5.74) is 6.32. The van der Waals surface area contributed by atoms with E-state index in [9.17, 15) is 4.79 Å². The number of nitrogens with two attached hydrogens (primary N) is 1. The first-order chi connectivity index (χ1) is 8.61. The Bertz CT molecular complexity index is 556. The third kappa shape index (κ3) is 2.31. The minimum atomic E-state index is -0.317. The van der Waals surface area contributed by atoms with Gasteiger partial charge in [-0.1, -0.05) is 0 Å². The number of carbonyl (C=O) groups is 1. The van der Waals surface area contributed by atoms with E-state index >= 15 is 0 Å². The van der Waals surface area contributed by atoms with Crippen molar-refractivity contribution in [2.45, 2.75) is 20.0 Å². The summed E-state index contributed by atoms with van der Waals surface area (Å²) in [6, 6.07) is 0. The zero-order chi connectivity index (χ0) is 13.1. The van der Waals surface area contributed by atoms with Crippen LogP contribution in [0.15, 0.2) is 12.5 Å². The van der Waals surface area contributed by atoms with E-state index in [4.69, 9.17) is 5.73 Å². The van der Waals surface area contributed by atoms with Crippen LogP contribution >= 0.6 is 0 Å². The molecule has 2 heterocycles. The number of anilines is 1. The maximum atomic E-state index is 11.9. The second-order valence-corrected chi connectivity index (χ2v) is 3.83. The van der Waals surface area contributed by atoms with Gasteiger partial charge in [0.05, 0.1) is 12.2 Å². The SMILES string of the molecule is CCn1cc(N)c(C(=O)NCc2nncn2C)n1. The molecule has 2 aromatic heterocycles. The first kappa shape index (κ1) is 12.1. The molecule has 0 aliphatic carbocycles. The van der Waals surface area contributed by atoms with Gasteiger partial charge < -0.3 is 15.6 Å². The normalized spacial score (nSPS) is 10.6. The van der Waals surface area contributed by atoms with Crippen molar-refractivity contribution in [1.82, 2.24) is 29.9 Å². The average Bonchev–Trinajstić information content (AvgIpc) is 2.92. The highest BCUT2D eigenvalue weighted by Crippen LogP contribution is 2.08. The van der Waals surface area contributed by atoms with E-state index in [0.717, 1.165) is 0 Å². The highest BCUT2D eigenvalue weighted by molar-refractivity contribution is 5.96. The van der Waals surface area contributed by atoms with Gasteiger partial charge in [-0.15, -0.1) is 10.2 Å². The van der Waals surface area contributed by atoms with Gasteiger partial charge in [0.15, 0.2) is 11.5 Å². The van der Waals surface area contributed by atoms with Crippen LogP contribution in [0.5, 0.6) is 0 Å². The van der Waals surface area contributed by atoms with Crippen molar-refractivity contribution in [2.75, 3.05) is 5.73 Å². The second kappa shape index (κ2) is 4.86. The molecule has 8 nitrogen and oxygen atoms in total. The van der Waals surface area contributed by atoms with Gasteiger partial charge in [0.25, 0.3) is 5.91 Å². The van der Waals surface area contributed by atoms with Gasteiger partial charge in [0.1, 0.15) is 6.33 Å². The van der Waals surface area contributed by atoms with E-state index in [0.29, 0.717) is 18.1 Å². The molecule has 0 aliphatic heterocycles. The molecule has 0 saturated carbocycles. The molecule has 0 aromatic carbocycles. The Kier molecular flexibility index (Phi) is 3.26. The van der Waals surface area contributed by atoms with Gasteiger partial charge in [-0.05, 0) is 6.92 Å². The van der Waals surface area contributed by atoms with Crippen LogP contribution in [0.4, 0.5) is 5.69 Å². The second-order valence-electron chi connectivity index (χ2n) is 3.83. The van der Waals surface area contributed by atoms with Crippen LogP contribution in [0, 0.1) is 0 Å². The smallest absolute Gasteiger partial charge is 0.274 e. The Hall–Kier alpha value is -2.38. The Labute approximate surface area is 104 Å². The lowest BCUT2D eigenvalue weighted by molar-refractivity contribution is 0.0944. The molecule has 96 valence electrons. The predicted molar refractivity (Wildman–Crippen MR) is 64.5 cm³/mol. The average molecular weight is 249 g/mol. The molecule has 0 aliphatic rings. The fraction of sp³-hybridized carbons (Fsp3) is 0.400. The molecular formula is C10H15N7O. The Morgan fingerprint density at radius 1 is 1.56 bits per heavy atom. The van der Waals surface area contributed by atoms with Gasteiger partial charge in [-0.2, -0.15) is 5.10 Å². The standard InChI is InChI=1S/C10H15N7O/c1-3-17-5-7(11)9(15-17)10(18)12-4-8-14-13-6-16(8)2/h5-6H,3-4,11H2,1-2H3,(H,12,18). The molecule has 1 amide bonds. The zero-order valence-electron chi connectivity index (χ0n) is 10.3. The summed E-state index contributed by atoms with van der Waals surface area (Å²) in [4.78, 5) is 11.9. The van der Waals surface area contributed by atoms with Crippen molar-refractivity contribution in [1.29, 1.82) is 0 Å². The lowest BCUT2D eigenvalue weighted by atomic mass is 10.3. The van der Waals surface area contributed by atoms with Crippen molar-refractivity contribution in [2.24, 2.45) is 7.05 Å². The highest BCUT2D eigenvalue weighted by atomic mass is 16.2. The number of nitrogen functional groups attached to an aromatic ring is 1. The van der Waals surface area contributed by atoms with Crippen LogP contribution in [0.25, 0.3) is 0 Å². The lowest BCUT2D eigenvalue weighted by Crippen LogP contribution is -2.25. The topological polar surface area (TPSA) is 104 Å². The first-order valence-corrected chi connectivity index (χ1v) is 5.55. The van der Waals surface area contributed by atoms with Crippen molar-refractivity contribution >= 4 is 11.6 Å². The molecule has 0 atom stereocenters. The number of nitrogens with zero attached hydrogens (tertiary/aromatic N) is 5. The van der Waals surface area contributed by atoms with Crippen molar-refractivity contribution < 1.29 is 4.79 Å². The Morgan fingerprint density at radius 2 is 2.33 bits per heavy atom. The third-order valence-electron chi connectivity index (χ3n) is 2.54. The summed E-state index contributed by atoms with van der Waals surface area (Å²) in [6.07, 6.45) is 3.21. The summed E-state index contributed by atoms with van der Waals surface area (Å²) < 4.78 is 3.35. The van der Waals surface area contributed by atoms with Crippen LogP contribution in [-0.2, 0) is 20.1 Å². The quantitative estimate of drug-likeness (QED) is 0.763. The van der Waals surface area contributed by atoms with Gasteiger partial charge in [-0.25, -0.2) is 0 Å². The van der Waals surface area contributed by atoms with Gasteiger partial charge in [0, 0.05) is 19.8 Å². The molecule has 3 N–H and O–H groups in total. The number of hydrogen-bond acceptors (Lipinski definition) is 5. The molecule has 2 rings (SSSR count). The molecule has 0 saturated heterocycles. The first-order valence-electron chi connectivity index (χ1n) is 5.55. The molecule has 0 bridgehead atoms. The van der Waals surface area contributed by atoms with E-state index in [-0.39, 0.29) is 18.1 Å². The minimum absolute atomic E-state index is 0.235. The largest absolute Gasteiger partial charge is 0.396 e. The predicted octanol–water partition coefficient (Wildman–Crippen LogP) is -0.456. The highest BCUT2D eigenvalue weighted by Gasteiger charge is 2.14. The van der Waals surface area contributed by atoms with E-state index in [1.54, 1.807) is 21.8 Å². The summed E-state index contributed by atoms with van der Waals surface area (Å²) in [5.74, 6) is 0.347. The van der Waals surface area contributed by atoms with Gasteiger partial charge in [-0.3, -0.25) is 9.48 Å². The number of aryl methyl sites for hydroxylation is 2. The van der Waals surface area contributed by atoms with E-state index in [1.807, 2.05) is 14.0 Å². The maximum absolute atomic E-state index is 11.9. The summed E-state index contributed by atoms with van der Waals surface area (Å²) in [6.45, 7) is 2.88. The zero-order valence-corrected chi connectivity index (χ0v) is 10.3. The molecule has 8 heteroatoms. The summed E-state index contributed by atoms with van der Waals surface area (Å²) >= 11 is 0. The third-order valence-corrected chi connectivity index (χ3v) is 2.54. The van der Waals surface area contributed by atoms with Crippen LogP contribution in [0.2, 0.25) is 0 Å². The lowest BCUT2D eigenvalue weighted by Gasteiger charge is -2.02. The van der Waals surface area contributed by atoms with Crippen LogP contribution in [0.3, 0.4) is 0 Å². The van der Waals surface area contributed by atoms with E-state index in [1.165, 1.54) is 0 Å². The number of hydrogen-bond donors (Lipinski definition) is 2. The molecule has 2 aromatic rings. The van der Waals surface area contributed by atoms with Crippen molar-refractivity contribution in [3.8, 4) is 0 Å². The van der Waals surface area contributed by atoms with Gasteiger partial charge in [0.2, 0.25) is 0 Å². The van der Waals surface area contributed by atoms with E-state index in [2.05, 4.69) is 20.6 Å². The molecule has 0 fully saturated rings. The molecule has 0 spiro atoms. The minimum Gasteiger partial charge on any atom is -0.396 e. The van der Waals surface area contributed by atoms with Crippen LogP contribution in [-0.4, -0.2) is 30.5 Å². The fourth-order valence-corrected chi connectivity index (χ4v) is 1.49. The molecule has 0 radical (unpaired) electrons. The number of nitrogens with one attached hydrogen (secondary N) is 1. The Balaban J connectivity index is 2.03. The molecular weight excluding hydrogens is 234 g/mol.